The van der Waals surface area contributed by atoms with Crippen molar-refractivity contribution in [2.24, 2.45) is 0 Å². The average Bonchev–Trinajstić information content (AvgIpc) is 2.78. The summed E-state index contributed by atoms with van der Waals surface area (Å²) in [6, 6.07) is 27.3. The minimum Gasteiger partial charge on any atom is -0.489 e. The monoisotopic (exact) mass is 402 g/mol. The molecule has 156 valence electrons. The van der Waals surface area contributed by atoms with Gasteiger partial charge in [-0.3, -0.25) is 4.90 Å². The van der Waals surface area contributed by atoms with Crippen LogP contribution in [0.25, 0.3) is 0 Å². The first-order chi connectivity index (χ1) is 14.7. The maximum absolute atomic E-state index is 6.12. The van der Waals surface area contributed by atoms with Crippen molar-refractivity contribution in [1.82, 2.24) is 10.2 Å². The van der Waals surface area contributed by atoms with Crippen molar-refractivity contribution in [3.63, 3.8) is 0 Å². The van der Waals surface area contributed by atoms with Gasteiger partial charge in [0, 0.05) is 38.3 Å². The topological polar surface area (TPSA) is 33.7 Å². The minimum absolute atomic E-state index is 0.519. The molecule has 1 atom stereocenters. The maximum Gasteiger partial charge on any atom is 0.123 e. The molecule has 4 heteroatoms. The highest BCUT2D eigenvalue weighted by Crippen LogP contribution is 2.26. The third-order valence-corrected chi connectivity index (χ3v) is 5.30. The number of nitrogens with zero attached hydrogens (tertiary/aromatic N) is 1. The van der Waals surface area contributed by atoms with Gasteiger partial charge in [-0.15, -0.1) is 0 Å². The Morgan fingerprint density at radius 2 is 1.37 bits per heavy atom. The molecule has 0 radical (unpaired) electrons. The van der Waals surface area contributed by atoms with Crippen molar-refractivity contribution in [2.45, 2.75) is 32.7 Å². The van der Waals surface area contributed by atoms with E-state index in [9.17, 15) is 0 Å². The fraction of sp³-hybridized carbons (Fsp3) is 0.308. The summed E-state index contributed by atoms with van der Waals surface area (Å²) in [5.74, 6) is 1.70. The third kappa shape index (κ3) is 6.09. The number of benzene rings is 3. The lowest BCUT2D eigenvalue weighted by Crippen LogP contribution is -2.48. The Bertz CT molecular complexity index is 853. The van der Waals surface area contributed by atoms with E-state index in [2.05, 4.69) is 53.5 Å². The second kappa shape index (κ2) is 10.3. The highest BCUT2D eigenvalue weighted by molar-refractivity contribution is 5.39. The van der Waals surface area contributed by atoms with Crippen LogP contribution in [0, 0.1) is 0 Å². The van der Waals surface area contributed by atoms with E-state index in [4.69, 9.17) is 9.47 Å². The molecule has 1 heterocycles. The van der Waals surface area contributed by atoms with Gasteiger partial charge in [0.05, 0.1) is 0 Å². The van der Waals surface area contributed by atoms with Gasteiger partial charge < -0.3 is 14.8 Å². The smallest absolute Gasteiger partial charge is 0.123 e. The summed E-state index contributed by atoms with van der Waals surface area (Å²) >= 11 is 0. The molecule has 4 rings (SSSR count). The van der Waals surface area contributed by atoms with Crippen molar-refractivity contribution in [2.75, 3.05) is 19.6 Å². The summed E-state index contributed by atoms with van der Waals surface area (Å²) in [5.41, 5.74) is 3.54. The first kappa shape index (κ1) is 20.5. The molecule has 0 saturated carbocycles. The Hall–Kier alpha value is -2.82. The molecule has 0 aromatic heterocycles. The van der Waals surface area contributed by atoms with Crippen LogP contribution in [-0.4, -0.2) is 30.6 Å². The Morgan fingerprint density at radius 1 is 0.800 bits per heavy atom. The van der Waals surface area contributed by atoms with Crippen LogP contribution < -0.4 is 14.8 Å². The van der Waals surface area contributed by atoms with Gasteiger partial charge in [-0.25, -0.2) is 0 Å². The molecular weight excluding hydrogens is 372 g/mol. The SMILES string of the molecule is C[C@@H]1CN(Cc2cc(OCc3ccccc3)cc(OCc3ccccc3)c2)CCN1. The molecule has 3 aromatic rings. The number of hydrogen-bond donors (Lipinski definition) is 1. The first-order valence-electron chi connectivity index (χ1n) is 10.7. The lowest BCUT2D eigenvalue weighted by Gasteiger charge is -2.32. The van der Waals surface area contributed by atoms with E-state index >= 15 is 0 Å². The summed E-state index contributed by atoms with van der Waals surface area (Å²) in [7, 11) is 0. The van der Waals surface area contributed by atoms with Crippen molar-refractivity contribution in [3.8, 4) is 11.5 Å². The summed E-state index contributed by atoms with van der Waals surface area (Å²) in [5, 5.41) is 3.51. The van der Waals surface area contributed by atoms with Crippen molar-refractivity contribution >= 4 is 0 Å². The molecule has 1 fully saturated rings. The van der Waals surface area contributed by atoms with E-state index < -0.39 is 0 Å². The molecule has 1 saturated heterocycles. The molecular formula is C26H30N2O2. The molecule has 0 spiro atoms. The summed E-state index contributed by atoms with van der Waals surface area (Å²) in [6.45, 7) is 7.37. The van der Waals surface area contributed by atoms with Crippen LogP contribution >= 0.6 is 0 Å². The van der Waals surface area contributed by atoms with Gasteiger partial charge in [0.15, 0.2) is 0 Å². The Balaban J connectivity index is 1.48. The molecule has 1 aliphatic heterocycles. The van der Waals surface area contributed by atoms with Gasteiger partial charge in [-0.2, -0.15) is 0 Å². The summed E-state index contributed by atoms with van der Waals surface area (Å²) in [6.07, 6.45) is 0. The number of hydrogen-bond acceptors (Lipinski definition) is 4. The predicted octanol–water partition coefficient (Wildman–Crippen LogP) is 4.64. The van der Waals surface area contributed by atoms with Crippen LogP contribution in [-0.2, 0) is 19.8 Å². The molecule has 0 aliphatic carbocycles. The molecule has 3 aromatic carbocycles. The normalized spacial score (nSPS) is 16.9. The van der Waals surface area contributed by atoms with E-state index in [0.717, 1.165) is 48.8 Å². The fourth-order valence-electron chi connectivity index (χ4n) is 3.78. The quantitative estimate of drug-likeness (QED) is 0.595. The predicted molar refractivity (Wildman–Crippen MR) is 121 cm³/mol. The molecule has 1 aliphatic rings. The van der Waals surface area contributed by atoms with Gasteiger partial charge in [-0.05, 0) is 35.7 Å². The minimum atomic E-state index is 0.519. The second-order valence-electron chi connectivity index (χ2n) is 7.95. The average molecular weight is 403 g/mol. The lowest BCUT2D eigenvalue weighted by molar-refractivity contribution is 0.199. The van der Waals surface area contributed by atoms with E-state index in [-0.39, 0.29) is 0 Å². The lowest BCUT2D eigenvalue weighted by atomic mass is 10.1. The van der Waals surface area contributed by atoms with E-state index in [0.29, 0.717) is 19.3 Å². The van der Waals surface area contributed by atoms with E-state index in [1.165, 1.54) is 5.56 Å². The Kier molecular flexibility index (Phi) is 7.01. The van der Waals surface area contributed by atoms with E-state index in [1.807, 2.05) is 42.5 Å². The van der Waals surface area contributed by atoms with Crippen molar-refractivity contribution in [1.29, 1.82) is 0 Å². The molecule has 30 heavy (non-hydrogen) atoms. The molecule has 0 unspecified atom stereocenters. The number of nitrogens with one attached hydrogen (secondary N) is 1. The molecule has 1 N–H and O–H groups in total. The molecule has 0 bridgehead atoms. The van der Waals surface area contributed by atoms with Crippen LogP contribution in [0.1, 0.15) is 23.6 Å². The standard InChI is InChI=1S/C26H30N2O2/c1-21-17-28(13-12-27-21)18-24-14-25(29-19-22-8-4-2-5-9-22)16-26(15-24)30-20-23-10-6-3-7-11-23/h2-11,14-16,21,27H,12-13,17-20H2,1H3/t21-/m1/s1. The van der Waals surface area contributed by atoms with Gasteiger partial charge in [-0.1, -0.05) is 60.7 Å². The number of piperazine rings is 1. The largest absolute Gasteiger partial charge is 0.489 e. The van der Waals surface area contributed by atoms with Crippen molar-refractivity contribution in [3.05, 3.63) is 95.6 Å². The van der Waals surface area contributed by atoms with Gasteiger partial charge in [0.25, 0.3) is 0 Å². The van der Waals surface area contributed by atoms with Crippen LogP contribution in [0.15, 0.2) is 78.9 Å². The van der Waals surface area contributed by atoms with Crippen LogP contribution in [0.2, 0.25) is 0 Å². The fourth-order valence-corrected chi connectivity index (χ4v) is 3.78. The zero-order chi connectivity index (χ0) is 20.6. The summed E-state index contributed by atoms with van der Waals surface area (Å²) in [4.78, 5) is 2.48. The maximum atomic E-state index is 6.12. The first-order valence-corrected chi connectivity index (χ1v) is 10.7. The van der Waals surface area contributed by atoms with Crippen LogP contribution in [0.4, 0.5) is 0 Å². The van der Waals surface area contributed by atoms with Crippen LogP contribution in [0.3, 0.4) is 0 Å². The van der Waals surface area contributed by atoms with Crippen molar-refractivity contribution < 1.29 is 9.47 Å². The number of rotatable bonds is 8. The zero-order valence-electron chi connectivity index (χ0n) is 17.6. The van der Waals surface area contributed by atoms with Gasteiger partial charge in [0.1, 0.15) is 24.7 Å². The highest BCUT2D eigenvalue weighted by Gasteiger charge is 2.16. The molecule has 4 nitrogen and oxygen atoms in total. The Morgan fingerprint density at radius 3 is 1.90 bits per heavy atom. The zero-order valence-corrected chi connectivity index (χ0v) is 17.6. The Labute approximate surface area is 179 Å². The van der Waals surface area contributed by atoms with Gasteiger partial charge in [0.2, 0.25) is 0 Å². The molecule has 0 amide bonds. The van der Waals surface area contributed by atoms with Gasteiger partial charge >= 0.3 is 0 Å². The third-order valence-electron chi connectivity index (χ3n) is 5.30. The van der Waals surface area contributed by atoms with Crippen LogP contribution in [0.5, 0.6) is 11.5 Å². The number of ether oxygens (including phenoxy) is 2. The van der Waals surface area contributed by atoms with E-state index in [1.54, 1.807) is 0 Å². The second-order valence-corrected chi connectivity index (χ2v) is 7.95. The summed E-state index contributed by atoms with van der Waals surface area (Å²) < 4.78 is 12.2. The highest BCUT2D eigenvalue weighted by atomic mass is 16.5.